The van der Waals surface area contributed by atoms with Gasteiger partial charge in [0.25, 0.3) is 0 Å². The molecule has 0 saturated heterocycles. The van der Waals surface area contributed by atoms with Gasteiger partial charge in [0.2, 0.25) is 0 Å². The number of nitrogens with zero attached hydrogens (tertiary/aromatic N) is 3. The molecule has 0 aliphatic carbocycles. The van der Waals surface area contributed by atoms with E-state index in [2.05, 4.69) is 29.4 Å². The average Bonchev–Trinajstić information content (AvgIpc) is 2.85. The van der Waals surface area contributed by atoms with Gasteiger partial charge in [-0.3, -0.25) is 0 Å². The van der Waals surface area contributed by atoms with Gasteiger partial charge >= 0.3 is 0 Å². The van der Waals surface area contributed by atoms with Crippen LogP contribution in [-0.2, 0) is 12.8 Å². The number of rotatable bonds is 5. The summed E-state index contributed by atoms with van der Waals surface area (Å²) in [5, 5.41) is 8.28. The van der Waals surface area contributed by atoms with Crippen LogP contribution in [0.3, 0.4) is 0 Å². The zero-order valence-electron chi connectivity index (χ0n) is 9.93. The third kappa shape index (κ3) is 3.07. The Kier molecular flexibility index (Phi) is 4.15. The lowest BCUT2D eigenvalue weighted by molar-refractivity contribution is 0.791. The predicted octanol–water partition coefficient (Wildman–Crippen LogP) is 3.00. The number of aryl methyl sites for hydroxylation is 2. The number of halogens is 1. The average molecular weight is 250 g/mol. The fraction of sp³-hybridized carbons (Fsp3) is 0.385. The first-order chi connectivity index (χ1) is 8.33. The molecule has 0 spiro atoms. The van der Waals surface area contributed by atoms with Gasteiger partial charge in [-0.25, -0.2) is 4.68 Å². The number of hydrogen-bond donors (Lipinski definition) is 0. The minimum absolute atomic E-state index is 0.665. The maximum Gasteiger partial charge on any atom is 0.0832 e. The Balaban J connectivity index is 2.18. The highest BCUT2D eigenvalue weighted by molar-refractivity contribution is 6.17. The summed E-state index contributed by atoms with van der Waals surface area (Å²) in [4.78, 5) is 0. The first-order valence-corrected chi connectivity index (χ1v) is 6.43. The van der Waals surface area contributed by atoms with Gasteiger partial charge in [-0.05, 0) is 37.0 Å². The Morgan fingerprint density at radius 1 is 1.35 bits per heavy atom. The van der Waals surface area contributed by atoms with Crippen molar-refractivity contribution in [2.24, 2.45) is 0 Å². The molecule has 90 valence electrons. The highest BCUT2D eigenvalue weighted by Gasteiger charge is 2.02. The summed E-state index contributed by atoms with van der Waals surface area (Å²) in [6.07, 6.45) is 4.83. The van der Waals surface area contributed by atoms with Gasteiger partial charge in [0.1, 0.15) is 0 Å². The van der Waals surface area contributed by atoms with Gasteiger partial charge in [-0.2, -0.15) is 0 Å². The predicted molar refractivity (Wildman–Crippen MR) is 69.8 cm³/mol. The first-order valence-electron chi connectivity index (χ1n) is 5.90. The number of alkyl halides is 1. The minimum atomic E-state index is 0.665. The van der Waals surface area contributed by atoms with E-state index in [4.69, 9.17) is 11.6 Å². The fourth-order valence-electron chi connectivity index (χ4n) is 1.71. The van der Waals surface area contributed by atoms with Crippen LogP contribution in [0.5, 0.6) is 0 Å². The number of aromatic nitrogens is 3. The van der Waals surface area contributed by atoms with E-state index < -0.39 is 0 Å². The Morgan fingerprint density at radius 2 is 2.24 bits per heavy atom. The summed E-state index contributed by atoms with van der Waals surface area (Å²) in [5.41, 5.74) is 3.36. The van der Waals surface area contributed by atoms with Crippen molar-refractivity contribution in [3.63, 3.8) is 0 Å². The molecule has 0 fully saturated rings. The van der Waals surface area contributed by atoms with E-state index in [1.54, 1.807) is 0 Å². The largest absolute Gasteiger partial charge is 0.220 e. The van der Waals surface area contributed by atoms with Crippen molar-refractivity contribution in [2.45, 2.75) is 26.2 Å². The van der Waals surface area contributed by atoms with Crippen LogP contribution < -0.4 is 0 Å². The summed E-state index contributed by atoms with van der Waals surface area (Å²) in [6.45, 7) is 2.15. The number of benzene rings is 1. The molecule has 0 unspecified atom stereocenters. The SMILES string of the molecule is CCc1cccc(-n2cc(CCCCl)nn2)c1. The van der Waals surface area contributed by atoms with Crippen molar-refractivity contribution in [1.29, 1.82) is 0 Å². The third-order valence-corrected chi connectivity index (χ3v) is 2.96. The molecule has 1 aromatic heterocycles. The minimum Gasteiger partial charge on any atom is -0.220 e. The van der Waals surface area contributed by atoms with Gasteiger partial charge in [-0.15, -0.1) is 16.7 Å². The molecule has 0 radical (unpaired) electrons. The third-order valence-electron chi connectivity index (χ3n) is 2.69. The molecule has 0 atom stereocenters. The Hall–Kier alpha value is -1.35. The van der Waals surface area contributed by atoms with Crippen molar-refractivity contribution in [2.75, 3.05) is 5.88 Å². The molecule has 1 heterocycles. The standard InChI is InChI=1S/C13H16ClN3/c1-2-11-5-3-7-13(9-11)17-10-12(15-16-17)6-4-8-14/h3,5,7,9-10H,2,4,6,8H2,1H3. The summed E-state index contributed by atoms with van der Waals surface area (Å²) >= 11 is 5.66. The second kappa shape index (κ2) is 5.82. The lowest BCUT2D eigenvalue weighted by Gasteiger charge is -2.02. The van der Waals surface area contributed by atoms with Crippen LogP contribution in [0.2, 0.25) is 0 Å². The molecular formula is C13H16ClN3. The molecule has 2 rings (SSSR count). The normalized spacial score (nSPS) is 10.7. The van der Waals surface area contributed by atoms with Gasteiger partial charge in [0, 0.05) is 5.88 Å². The first kappa shape index (κ1) is 12.1. The summed E-state index contributed by atoms with van der Waals surface area (Å²) in [5.74, 6) is 0.665. The quantitative estimate of drug-likeness (QED) is 0.763. The van der Waals surface area contributed by atoms with Gasteiger partial charge in [-0.1, -0.05) is 24.3 Å². The molecule has 0 N–H and O–H groups in total. The summed E-state index contributed by atoms with van der Waals surface area (Å²) < 4.78 is 1.82. The van der Waals surface area contributed by atoms with E-state index in [0.29, 0.717) is 5.88 Å². The molecule has 0 bridgehead atoms. The number of hydrogen-bond acceptors (Lipinski definition) is 2. The molecule has 0 aliphatic rings. The molecule has 4 heteroatoms. The van der Waals surface area contributed by atoms with E-state index in [0.717, 1.165) is 30.6 Å². The molecule has 0 aliphatic heterocycles. The van der Waals surface area contributed by atoms with Gasteiger partial charge in [0.15, 0.2) is 0 Å². The van der Waals surface area contributed by atoms with Crippen molar-refractivity contribution in [3.8, 4) is 5.69 Å². The van der Waals surface area contributed by atoms with Crippen LogP contribution in [0.25, 0.3) is 5.69 Å². The van der Waals surface area contributed by atoms with Crippen LogP contribution in [0, 0.1) is 0 Å². The fourth-order valence-corrected chi connectivity index (χ4v) is 1.84. The summed E-state index contributed by atoms with van der Waals surface area (Å²) in [6, 6.07) is 8.35. The zero-order chi connectivity index (χ0) is 12.1. The zero-order valence-corrected chi connectivity index (χ0v) is 10.7. The van der Waals surface area contributed by atoms with Crippen LogP contribution >= 0.6 is 11.6 Å². The van der Waals surface area contributed by atoms with E-state index in [-0.39, 0.29) is 0 Å². The van der Waals surface area contributed by atoms with Crippen molar-refractivity contribution in [3.05, 3.63) is 41.7 Å². The molecule has 3 nitrogen and oxygen atoms in total. The molecule has 2 aromatic rings. The maximum atomic E-state index is 5.66. The van der Waals surface area contributed by atoms with Crippen molar-refractivity contribution < 1.29 is 0 Å². The highest BCUT2D eigenvalue weighted by atomic mass is 35.5. The topological polar surface area (TPSA) is 30.7 Å². The second-order valence-electron chi connectivity index (χ2n) is 3.97. The molecule has 0 saturated carbocycles. The Bertz CT molecular complexity index is 479. The highest BCUT2D eigenvalue weighted by Crippen LogP contribution is 2.11. The molecule has 0 amide bonds. The second-order valence-corrected chi connectivity index (χ2v) is 4.35. The van der Waals surface area contributed by atoms with Gasteiger partial charge < -0.3 is 0 Å². The van der Waals surface area contributed by atoms with Crippen molar-refractivity contribution >= 4 is 11.6 Å². The van der Waals surface area contributed by atoms with Gasteiger partial charge in [0.05, 0.1) is 17.6 Å². The van der Waals surface area contributed by atoms with E-state index in [1.165, 1.54) is 5.56 Å². The van der Waals surface area contributed by atoms with Crippen LogP contribution in [0.15, 0.2) is 30.5 Å². The van der Waals surface area contributed by atoms with Crippen LogP contribution in [-0.4, -0.2) is 20.9 Å². The smallest absolute Gasteiger partial charge is 0.0832 e. The molecule has 17 heavy (non-hydrogen) atoms. The van der Waals surface area contributed by atoms with Crippen LogP contribution in [0.1, 0.15) is 24.6 Å². The van der Waals surface area contributed by atoms with E-state index >= 15 is 0 Å². The lowest BCUT2D eigenvalue weighted by Crippen LogP contribution is -1.95. The van der Waals surface area contributed by atoms with E-state index in [9.17, 15) is 0 Å². The molecular weight excluding hydrogens is 234 g/mol. The monoisotopic (exact) mass is 249 g/mol. The Labute approximate surface area is 106 Å². The Morgan fingerprint density at radius 3 is 3.00 bits per heavy atom. The molecule has 1 aromatic carbocycles. The maximum absolute atomic E-state index is 5.66. The summed E-state index contributed by atoms with van der Waals surface area (Å²) in [7, 11) is 0. The van der Waals surface area contributed by atoms with Crippen LogP contribution in [0.4, 0.5) is 0 Å². The lowest BCUT2D eigenvalue weighted by atomic mass is 10.1. The van der Waals surface area contributed by atoms with Crippen molar-refractivity contribution in [1.82, 2.24) is 15.0 Å². The van der Waals surface area contributed by atoms with E-state index in [1.807, 2.05) is 23.0 Å².